The molecular formula is C22H21N5O. The number of aryl methyl sites for hydroxylation is 2. The van der Waals surface area contributed by atoms with Crippen molar-refractivity contribution in [3.63, 3.8) is 0 Å². The lowest BCUT2D eigenvalue weighted by molar-refractivity contribution is 0.0955. The van der Waals surface area contributed by atoms with Gasteiger partial charge in [-0.15, -0.1) is 0 Å². The Morgan fingerprint density at radius 3 is 2.64 bits per heavy atom. The second kappa shape index (κ2) is 7.60. The molecule has 28 heavy (non-hydrogen) atoms. The number of aromatic nitrogens is 4. The molecule has 0 saturated heterocycles. The predicted molar refractivity (Wildman–Crippen MR) is 109 cm³/mol. The van der Waals surface area contributed by atoms with E-state index in [-0.39, 0.29) is 5.91 Å². The summed E-state index contributed by atoms with van der Waals surface area (Å²) < 4.78 is 1.71. The smallest absolute Gasteiger partial charge is 0.252 e. The molecule has 0 spiro atoms. The van der Waals surface area contributed by atoms with Crippen molar-refractivity contribution in [2.75, 3.05) is 6.54 Å². The summed E-state index contributed by atoms with van der Waals surface area (Å²) in [4.78, 5) is 21.9. The van der Waals surface area contributed by atoms with E-state index in [1.54, 1.807) is 4.68 Å². The molecule has 2 aromatic heterocycles. The Kier molecular flexibility index (Phi) is 4.85. The number of rotatable bonds is 5. The van der Waals surface area contributed by atoms with Gasteiger partial charge in [0.05, 0.1) is 16.8 Å². The molecule has 2 heterocycles. The summed E-state index contributed by atoms with van der Waals surface area (Å²) in [6.45, 7) is 2.54. The highest BCUT2D eigenvalue weighted by Gasteiger charge is 2.14. The van der Waals surface area contributed by atoms with Crippen molar-refractivity contribution >= 4 is 16.8 Å². The van der Waals surface area contributed by atoms with Crippen molar-refractivity contribution < 1.29 is 4.79 Å². The number of hydrogen-bond donors (Lipinski definition) is 1. The van der Waals surface area contributed by atoms with Gasteiger partial charge in [0.15, 0.2) is 0 Å². The predicted octanol–water partition coefficient (Wildman–Crippen LogP) is 3.31. The molecule has 0 atom stereocenters. The van der Waals surface area contributed by atoms with Crippen LogP contribution in [0.15, 0.2) is 60.9 Å². The number of nitrogens with one attached hydrogen (secondary N) is 1. The monoisotopic (exact) mass is 371 g/mol. The molecule has 4 rings (SSSR count). The third kappa shape index (κ3) is 3.62. The second-order valence-electron chi connectivity index (χ2n) is 6.74. The Morgan fingerprint density at radius 2 is 1.89 bits per heavy atom. The van der Waals surface area contributed by atoms with Gasteiger partial charge in [0.1, 0.15) is 12.2 Å². The lowest BCUT2D eigenvalue weighted by Gasteiger charge is -2.11. The average Bonchev–Trinajstić information content (AvgIpc) is 3.12. The van der Waals surface area contributed by atoms with E-state index in [0.717, 1.165) is 28.0 Å². The quantitative estimate of drug-likeness (QED) is 0.584. The van der Waals surface area contributed by atoms with Gasteiger partial charge in [-0.2, -0.15) is 5.10 Å². The van der Waals surface area contributed by atoms with Crippen LogP contribution in [0.25, 0.3) is 22.2 Å². The van der Waals surface area contributed by atoms with Crippen molar-refractivity contribution in [3.05, 3.63) is 77.9 Å². The summed E-state index contributed by atoms with van der Waals surface area (Å²) in [6.07, 6.45) is 2.14. The van der Waals surface area contributed by atoms with Crippen LogP contribution in [0.4, 0.5) is 0 Å². The summed E-state index contributed by atoms with van der Waals surface area (Å²) >= 11 is 0. The molecular weight excluding hydrogens is 350 g/mol. The number of pyridine rings is 1. The molecule has 2 aromatic carbocycles. The topological polar surface area (TPSA) is 72.7 Å². The normalized spacial score (nSPS) is 10.9. The van der Waals surface area contributed by atoms with Gasteiger partial charge in [0, 0.05) is 31.0 Å². The van der Waals surface area contributed by atoms with Crippen LogP contribution in [0.3, 0.4) is 0 Å². The molecule has 6 nitrogen and oxygen atoms in total. The van der Waals surface area contributed by atoms with Crippen LogP contribution in [-0.2, 0) is 13.5 Å². The van der Waals surface area contributed by atoms with Crippen LogP contribution < -0.4 is 5.32 Å². The van der Waals surface area contributed by atoms with Gasteiger partial charge in [-0.05, 0) is 19.1 Å². The Morgan fingerprint density at radius 1 is 1.11 bits per heavy atom. The van der Waals surface area contributed by atoms with Gasteiger partial charge < -0.3 is 5.32 Å². The minimum atomic E-state index is -0.117. The average molecular weight is 371 g/mol. The van der Waals surface area contributed by atoms with Gasteiger partial charge in [0.2, 0.25) is 0 Å². The van der Waals surface area contributed by atoms with E-state index < -0.39 is 0 Å². The van der Waals surface area contributed by atoms with Crippen LogP contribution in [0.2, 0.25) is 0 Å². The first kappa shape index (κ1) is 17.9. The zero-order chi connectivity index (χ0) is 19.5. The van der Waals surface area contributed by atoms with Crippen LogP contribution >= 0.6 is 0 Å². The molecule has 1 amide bonds. The van der Waals surface area contributed by atoms with Crippen molar-refractivity contribution in [2.45, 2.75) is 13.3 Å². The molecule has 4 aromatic rings. The standard InChI is InChI=1S/C22H21N5O/c1-15-7-9-16(10-8-15)20-13-18(17-5-3-4-6-19(17)26-20)22(28)23-12-11-21-24-14-25-27(21)2/h3-10,13-14H,11-12H2,1-2H3,(H,23,28). The number of carbonyl (C=O) groups is 1. The maximum atomic E-state index is 12.9. The lowest BCUT2D eigenvalue weighted by atomic mass is 10.0. The van der Waals surface area contributed by atoms with Crippen LogP contribution in [-0.4, -0.2) is 32.2 Å². The molecule has 0 aliphatic heterocycles. The first-order valence-electron chi connectivity index (χ1n) is 9.20. The molecule has 0 fully saturated rings. The molecule has 140 valence electrons. The van der Waals surface area contributed by atoms with E-state index in [4.69, 9.17) is 4.98 Å². The summed E-state index contributed by atoms with van der Waals surface area (Å²) in [5.74, 6) is 0.717. The van der Waals surface area contributed by atoms with Crippen molar-refractivity contribution in [1.82, 2.24) is 25.1 Å². The summed E-state index contributed by atoms with van der Waals surface area (Å²) in [5.41, 5.74) is 4.39. The van der Waals surface area contributed by atoms with E-state index in [0.29, 0.717) is 18.5 Å². The number of hydrogen-bond acceptors (Lipinski definition) is 4. The largest absolute Gasteiger partial charge is 0.352 e. The summed E-state index contributed by atoms with van der Waals surface area (Å²) in [5, 5.41) is 7.89. The molecule has 1 N–H and O–H groups in total. The Hall–Kier alpha value is -3.54. The van der Waals surface area contributed by atoms with Gasteiger partial charge in [-0.3, -0.25) is 9.48 Å². The molecule has 0 unspecified atom stereocenters. The highest BCUT2D eigenvalue weighted by Crippen LogP contribution is 2.25. The number of para-hydroxylation sites is 1. The molecule has 6 heteroatoms. The van der Waals surface area contributed by atoms with Gasteiger partial charge >= 0.3 is 0 Å². The first-order valence-corrected chi connectivity index (χ1v) is 9.20. The Balaban J connectivity index is 1.63. The second-order valence-corrected chi connectivity index (χ2v) is 6.74. The van der Waals surface area contributed by atoms with Crippen molar-refractivity contribution in [3.8, 4) is 11.3 Å². The lowest BCUT2D eigenvalue weighted by Crippen LogP contribution is -2.26. The van der Waals surface area contributed by atoms with Crippen LogP contribution in [0, 0.1) is 6.92 Å². The molecule has 0 aliphatic carbocycles. The molecule has 0 bridgehead atoms. The maximum absolute atomic E-state index is 12.9. The van der Waals surface area contributed by atoms with E-state index >= 15 is 0 Å². The molecule has 0 radical (unpaired) electrons. The summed E-state index contributed by atoms with van der Waals surface area (Å²) in [7, 11) is 1.84. The highest BCUT2D eigenvalue weighted by atomic mass is 16.1. The molecule has 0 saturated carbocycles. The van der Waals surface area contributed by atoms with Gasteiger partial charge in [0.25, 0.3) is 5.91 Å². The minimum absolute atomic E-state index is 0.117. The van der Waals surface area contributed by atoms with E-state index in [1.165, 1.54) is 11.9 Å². The zero-order valence-electron chi connectivity index (χ0n) is 15.9. The summed E-state index contributed by atoms with van der Waals surface area (Å²) in [6, 6.07) is 17.7. The third-order valence-electron chi connectivity index (χ3n) is 4.75. The number of amides is 1. The van der Waals surface area contributed by atoms with Crippen LogP contribution in [0.1, 0.15) is 21.7 Å². The van der Waals surface area contributed by atoms with Gasteiger partial charge in [-0.25, -0.2) is 9.97 Å². The Labute approximate surface area is 163 Å². The number of fused-ring (bicyclic) bond motifs is 1. The Bertz CT molecular complexity index is 1130. The van der Waals surface area contributed by atoms with E-state index in [1.807, 2.05) is 68.6 Å². The fourth-order valence-corrected chi connectivity index (χ4v) is 3.17. The fraction of sp³-hybridized carbons (Fsp3) is 0.182. The van der Waals surface area contributed by atoms with E-state index in [9.17, 15) is 4.79 Å². The fourth-order valence-electron chi connectivity index (χ4n) is 3.17. The SMILES string of the molecule is Cc1ccc(-c2cc(C(=O)NCCc3ncnn3C)c3ccccc3n2)cc1. The zero-order valence-corrected chi connectivity index (χ0v) is 15.9. The first-order chi connectivity index (χ1) is 13.6. The maximum Gasteiger partial charge on any atom is 0.252 e. The van der Waals surface area contributed by atoms with E-state index in [2.05, 4.69) is 15.4 Å². The van der Waals surface area contributed by atoms with Crippen molar-refractivity contribution in [2.24, 2.45) is 7.05 Å². The number of carbonyl (C=O) groups excluding carboxylic acids is 1. The third-order valence-corrected chi connectivity index (χ3v) is 4.75. The van der Waals surface area contributed by atoms with Crippen molar-refractivity contribution in [1.29, 1.82) is 0 Å². The molecule has 0 aliphatic rings. The minimum Gasteiger partial charge on any atom is -0.352 e. The number of benzene rings is 2. The van der Waals surface area contributed by atoms with Crippen LogP contribution in [0.5, 0.6) is 0 Å². The highest BCUT2D eigenvalue weighted by molar-refractivity contribution is 6.07. The number of nitrogens with zero attached hydrogens (tertiary/aromatic N) is 4. The van der Waals surface area contributed by atoms with Gasteiger partial charge in [-0.1, -0.05) is 48.0 Å².